The van der Waals surface area contributed by atoms with Crippen molar-refractivity contribution in [3.63, 3.8) is 0 Å². The summed E-state index contributed by atoms with van der Waals surface area (Å²) < 4.78 is 1.53. The van der Waals surface area contributed by atoms with E-state index in [1.165, 1.54) is 17.4 Å². The summed E-state index contributed by atoms with van der Waals surface area (Å²) in [4.78, 5) is 14.9. The normalized spacial score (nSPS) is 10.6. The molecule has 14 heavy (non-hydrogen) atoms. The molecule has 0 aliphatic rings. The number of aromatic carboxylic acids is 1. The van der Waals surface area contributed by atoms with Gasteiger partial charge in [0.05, 0.1) is 15.8 Å². The molecule has 6 heteroatoms. The van der Waals surface area contributed by atoms with E-state index in [2.05, 4.69) is 20.9 Å². The minimum atomic E-state index is -1.02. The van der Waals surface area contributed by atoms with Crippen molar-refractivity contribution < 1.29 is 9.90 Å². The van der Waals surface area contributed by atoms with Crippen molar-refractivity contribution in [1.29, 1.82) is 0 Å². The Bertz CT molecular complexity index is 523. The van der Waals surface area contributed by atoms with Crippen LogP contribution in [0, 0.1) is 0 Å². The van der Waals surface area contributed by atoms with Crippen LogP contribution in [0.4, 0.5) is 5.69 Å². The predicted molar refractivity (Wildman–Crippen MR) is 58.7 cm³/mol. The second-order valence-electron chi connectivity index (χ2n) is 2.68. The Balaban J connectivity index is 2.76. The number of halogens is 1. The summed E-state index contributed by atoms with van der Waals surface area (Å²) in [6, 6.07) is 3.11. The van der Waals surface area contributed by atoms with Gasteiger partial charge in [-0.25, -0.2) is 9.78 Å². The summed E-state index contributed by atoms with van der Waals surface area (Å²) in [5.41, 5.74) is 6.64. The molecule has 0 atom stereocenters. The number of fused-ring (bicyclic) bond motifs is 1. The molecule has 3 N–H and O–H groups in total. The molecular formula is C8H5BrN2O2S. The topological polar surface area (TPSA) is 76.2 Å². The molecule has 4 nitrogen and oxygen atoms in total. The van der Waals surface area contributed by atoms with Crippen LogP contribution < -0.4 is 5.73 Å². The van der Waals surface area contributed by atoms with E-state index in [0.717, 1.165) is 8.62 Å². The van der Waals surface area contributed by atoms with Gasteiger partial charge in [-0.1, -0.05) is 0 Å². The van der Waals surface area contributed by atoms with Gasteiger partial charge in [-0.05, 0) is 28.1 Å². The molecule has 0 unspecified atom stereocenters. The molecule has 1 aromatic heterocycles. The van der Waals surface area contributed by atoms with Gasteiger partial charge in [-0.2, -0.15) is 0 Å². The Morgan fingerprint density at radius 2 is 2.29 bits per heavy atom. The molecule has 0 radical (unpaired) electrons. The van der Waals surface area contributed by atoms with Crippen LogP contribution in [0.25, 0.3) is 10.2 Å². The van der Waals surface area contributed by atoms with E-state index in [-0.39, 0.29) is 11.3 Å². The molecule has 0 spiro atoms. The number of nitrogens with two attached hydrogens (primary N) is 1. The number of carboxylic acid groups (broad SMARTS) is 1. The number of hydrogen-bond donors (Lipinski definition) is 2. The van der Waals surface area contributed by atoms with E-state index in [0.29, 0.717) is 5.52 Å². The molecule has 2 rings (SSSR count). The third-order valence-electron chi connectivity index (χ3n) is 1.76. The van der Waals surface area contributed by atoms with Crippen LogP contribution in [-0.2, 0) is 0 Å². The number of thiazole rings is 1. The first-order valence-electron chi connectivity index (χ1n) is 3.67. The van der Waals surface area contributed by atoms with Crippen molar-refractivity contribution in [1.82, 2.24) is 4.98 Å². The number of carbonyl (C=O) groups is 1. The Morgan fingerprint density at radius 3 is 2.93 bits per heavy atom. The first-order valence-corrected chi connectivity index (χ1v) is 5.28. The molecule has 72 valence electrons. The first kappa shape index (κ1) is 9.42. The number of nitrogen functional groups attached to an aromatic ring is 1. The first-order chi connectivity index (χ1) is 6.58. The minimum absolute atomic E-state index is 0.119. The molecule has 2 aromatic rings. The molecule has 0 aliphatic heterocycles. The summed E-state index contributed by atoms with van der Waals surface area (Å²) in [5, 5.41) is 8.82. The Kier molecular flexibility index (Phi) is 2.16. The number of aromatic nitrogens is 1. The number of nitrogens with zero attached hydrogens (tertiary/aromatic N) is 1. The average molecular weight is 273 g/mol. The van der Waals surface area contributed by atoms with Crippen molar-refractivity contribution in [3.05, 3.63) is 21.6 Å². The summed E-state index contributed by atoms with van der Waals surface area (Å²) >= 11 is 4.61. The molecule has 1 heterocycles. The Morgan fingerprint density at radius 1 is 1.57 bits per heavy atom. The largest absolute Gasteiger partial charge is 0.478 e. The van der Waals surface area contributed by atoms with Crippen LogP contribution in [0.15, 0.2) is 16.0 Å². The molecule has 0 amide bonds. The monoisotopic (exact) mass is 272 g/mol. The Labute approximate surface area is 91.5 Å². The summed E-state index contributed by atoms with van der Waals surface area (Å²) in [5.74, 6) is -1.02. The smallest absolute Gasteiger partial charge is 0.337 e. The third kappa shape index (κ3) is 1.46. The maximum absolute atomic E-state index is 10.8. The van der Waals surface area contributed by atoms with Gasteiger partial charge in [0.2, 0.25) is 0 Å². The summed E-state index contributed by atoms with van der Waals surface area (Å²) in [7, 11) is 0. The quantitative estimate of drug-likeness (QED) is 0.782. The number of carboxylic acids is 1. The van der Waals surface area contributed by atoms with E-state index in [4.69, 9.17) is 10.8 Å². The molecule has 0 saturated carbocycles. The lowest BCUT2D eigenvalue weighted by Gasteiger charge is -1.98. The highest BCUT2D eigenvalue weighted by Gasteiger charge is 2.11. The van der Waals surface area contributed by atoms with Gasteiger partial charge in [0.1, 0.15) is 0 Å². The van der Waals surface area contributed by atoms with Crippen LogP contribution in [0.3, 0.4) is 0 Å². The fourth-order valence-corrected chi connectivity index (χ4v) is 2.57. The Hall–Kier alpha value is -1.14. The van der Waals surface area contributed by atoms with E-state index in [1.807, 2.05) is 0 Å². The number of benzene rings is 1. The standard InChI is InChI=1S/C8H5BrN2O2S/c9-8-11-5-2-4(10)3(7(12)13)1-6(5)14-8/h1-2H,10H2,(H,12,13). The number of anilines is 1. The zero-order valence-corrected chi connectivity index (χ0v) is 9.22. The van der Waals surface area contributed by atoms with Crippen LogP contribution in [0.2, 0.25) is 0 Å². The second kappa shape index (κ2) is 3.21. The predicted octanol–water partition coefficient (Wildman–Crippen LogP) is 2.34. The zero-order valence-electron chi connectivity index (χ0n) is 6.82. The fourth-order valence-electron chi connectivity index (χ4n) is 1.15. The average Bonchev–Trinajstić information content (AvgIpc) is 2.42. The van der Waals surface area contributed by atoms with Crippen molar-refractivity contribution in [2.45, 2.75) is 0 Å². The molecule has 0 aliphatic carbocycles. The van der Waals surface area contributed by atoms with Gasteiger partial charge in [0.15, 0.2) is 3.92 Å². The number of hydrogen-bond acceptors (Lipinski definition) is 4. The SMILES string of the molecule is Nc1cc2nc(Br)sc2cc1C(=O)O. The van der Waals surface area contributed by atoms with Crippen LogP contribution >= 0.6 is 27.3 Å². The van der Waals surface area contributed by atoms with Crippen LogP contribution in [-0.4, -0.2) is 16.1 Å². The van der Waals surface area contributed by atoms with E-state index >= 15 is 0 Å². The van der Waals surface area contributed by atoms with Gasteiger partial charge in [-0.15, -0.1) is 11.3 Å². The molecule has 0 bridgehead atoms. The van der Waals surface area contributed by atoms with Gasteiger partial charge >= 0.3 is 5.97 Å². The summed E-state index contributed by atoms with van der Waals surface area (Å²) in [6.07, 6.45) is 0. The lowest BCUT2D eigenvalue weighted by molar-refractivity contribution is 0.0698. The van der Waals surface area contributed by atoms with Gasteiger partial charge < -0.3 is 10.8 Å². The fraction of sp³-hybridized carbons (Fsp3) is 0. The van der Waals surface area contributed by atoms with E-state index < -0.39 is 5.97 Å². The zero-order chi connectivity index (χ0) is 10.3. The second-order valence-corrected chi connectivity index (χ2v) is 4.99. The molecule has 0 fully saturated rings. The van der Waals surface area contributed by atoms with Crippen molar-refractivity contribution in [3.8, 4) is 0 Å². The maximum atomic E-state index is 10.8. The molecule has 0 saturated heterocycles. The van der Waals surface area contributed by atoms with E-state index in [1.54, 1.807) is 6.07 Å². The van der Waals surface area contributed by atoms with Gasteiger partial charge in [-0.3, -0.25) is 0 Å². The van der Waals surface area contributed by atoms with Crippen molar-refractivity contribution >= 4 is 49.1 Å². The van der Waals surface area contributed by atoms with Crippen LogP contribution in [0.5, 0.6) is 0 Å². The highest BCUT2D eigenvalue weighted by Crippen LogP contribution is 2.29. The molecule has 1 aromatic carbocycles. The number of rotatable bonds is 1. The molecular weight excluding hydrogens is 268 g/mol. The minimum Gasteiger partial charge on any atom is -0.478 e. The van der Waals surface area contributed by atoms with Crippen LogP contribution in [0.1, 0.15) is 10.4 Å². The summed E-state index contributed by atoms with van der Waals surface area (Å²) in [6.45, 7) is 0. The highest BCUT2D eigenvalue weighted by atomic mass is 79.9. The van der Waals surface area contributed by atoms with Gasteiger partial charge in [0.25, 0.3) is 0 Å². The maximum Gasteiger partial charge on any atom is 0.337 e. The lowest BCUT2D eigenvalue weighted by atomic mass is 10.2. The van der Waals surface area contributed by atoms with Gasteiger partial charge in [0, 0.05) is 5.69 Å². The highest BCUT2D eigenvalue weighted by molar-refractivity contribution is 9.11. The van der Waals surface area contributed by atoms with Crippen molar-refractivity contribution in [2.24, 2.45) is 0 Å². The van der Waals surface area contributed by atoms with E-state index in [9.17, 15) is 4.79 Å². The lowest BCUT2D eigenvalue weighted by Crippen LogP contribution is -2.01. The third-order valence-corrected chi connectivity index (χ3v) is 3.23. The van der Waals surface area contributed by atoms with Crippen molar-refractivity contribution in [2.75, 3.05) is 5.73 Å².